The van der Waals surface area contributed by atoms with Gasteiger partial charge in [0.2, 0.25) is 5.91 Å². The Morgan fingerprint density at radius 2 is 2.00 bits per heavy atom. The van der Waals surface area contributed by atoms with E-state index in [4.69, 9.17) is 16.7 Å². The summed E-state index contributed by atoms with van der Waals surface area (Å²) in [6.45, 7) is 0.541. The Hall–Kier alpha value is -2.07. The molecule has 1 heterocycles. The molecule has 24 heavy (non-hydrogen) atoms. The molecule has 1 aromatic rings. The van der Waals surface area contributed by atoms with Crippen molar-refractivity contribution in [3.63, 3.8) is 0 Å². The third-order valence-corrected chi connectivity index (χ3v) is 3.19. The van der Waals surface area contributed by atoms with Gasteiger partial charge in [0.05, 0.1) is 17.1 Å². The number of alkyl halides is 3. The first-order valence-corrected chi connectivity index (χ1v) is 7.00. The Bertz CT molecular complexity index is 623. The summed E-state index contributed by atoms with van der Waals surface area (Å²) in [6, 6.07) is 0.709. The molecule has 0 aliphatic carbocycles. The number of hydrogen-bond acceptors (Lipinski definition) is 5. The van der Waals surface area contributed by atoms with Crippen LogP contribution in [-0.2, 0) is 15.8 Å². The second-order valence-corrected chi connectivity index (χ2v) is 5.49. The van der Waals surface area contributed by atoms with Crippen molar-refractivity contribution in [2.45, 2.75) is 25.1 Å². The van der Waals surface area contributed by atoms with E-state index in [1.165, 1.54) is 0 Å². The van der Waals surface area contributed by atoms with Crippen LogP contribution in [0.2, 0.25) is 5.02 Å². The van der Waals surface area contributed by atoms with Gasteiger partial charge in [-0.2, -0.15) is 13.2 Å². The summed E-state index contributed by atoms with van der Waals surface area (Å²) < 4.78 is 37.4. The van der Waals surface area contributed by atoms with Crippen LogP contribution in [-0.4, -0.2) is 45.8 Å². The molecule has 0 aromatic carbocycles. The first-order valence-electron chi connectivity index (χ1n) is 6.62. The van der Waals surface area contributed by atoms with Gasteiger partial charge in [0.1, 0.15) is 5.82 Å². The van der Waals surface area contributed by atoms with Crippen molar-refractivity contribution in [2.24, 2.45) is 0 Å². The van der Waals surface area contributed by atoms with Gasteiger partial charge in [-0.1, -0.05) is 11.6 Å². The normalized spacial score (nSPS) is 13.9. The number of halogens is 4. The van der Waals surface area contributed by atoms with Crippen molar-refractivity contribution in [3.05, 3.63) is 22.8 Å². The van der Waals surface area contributed by atoms with Crippen LogP contribution in [0.4, 0.5) is 19.0 Å². The van der Waals surface area contributed by atoms with Gasteiger partial charge in [-0.25, -0.2) is 9.78 Å². The molecule has 1 atom stereocenters. The first-order chi connectivity index (χ1) is 10.9. The molecule has 0 bridgehead atoms. The van der Waals surface area contributed by atoms with Crippen LogP contribution in [0, 0.1) is 0 Å². The number of carboxylic acid groups (broad SMARTS) is 1. The lowest BCUT2D eigenvalue weighted by molar-refractivity contribution is -0.156. The molecule has 7 nitrogen and oxygen atoms in total. The molecule has 1 rings (SSSR count). The lowest BCUT2D eigenvalue weighted by Gasteiger charge is -2.18. The zero-order valence-corrected chi connectivity index (χ0v) is 13.2. The number of pyridine rings is 1. The summed E-state index contributed by atoms with van der Waals surface area (Å²) >= 11 is 5.68. The molecule has 1 amide bonds. The van der Waals surface area contributed by atoms with Crippen LogP contribution < -0.4 is 10.6 Å². The van der Waals surface area contributed by atoms with E-state index in [9.17, 15) is 27.9 Å². The molecule has 134 valence electrons. The van der Waals surface area contributed by atoms with Crippen molar-refractivity contribution in [3.8, 4) is 0 Å². The lowest BCUT2D eigenvalue weighted by Crippen LogP contribution is -2.46. The Morgan fingerprint density at radius 3 is 2.50 bits per heavy atom. The van der Waals surface area contributed by atoms with Crippen LogP contribution in [0.25, 0.3) is 0 Å². The van der Waals surface area contributed by atoms with E-state index in [2.05, 4.69) is 15.6 Å². The minimum Gasteiger partial charge on any atom is -0.479 e. The third-order valence-electron chi connectivity index (χ3n) is 2.90. The highest BCUT2D eigenvalue weighted by molar-refractivity contribution is 6.32. The van der Waals surface area contributed by atoms with Crippen LogP contribution in [0.3, 0.4) is 0 Å². The quantitative estimate of drug-likeness (QED) is 0.579. The van der Waals surface area contributed by atoms with Gasteiger partial charge < -0.3 is 20.8 Å². The average Bonchev–Trinajstić information content (AvgIpc) is 2.45. The van der Waals surface area contributed by atoms with E-state index in [1.807, 2.05) is 0 Å². The van der Waals surface area contributed by atoms with E-state index >= 15 is 0 Å². The fraction of sp³-hybridized carbons (Fsp3) is 0.462. The van der Waals surface area contributed by atoms with Crippen molar-refractivity contribution < 1.29 is 33.0 Å². The molecule has 0 radical (unpaired) electrons. The highest BCUT2D eigenvalue weighted by Gasteiger charge is 2.32. The standard InChI is InChI=1S/C13H15ClF3N3O4/c1-12(24,11(22)23)6-20-9(21)2-3-18-10-8(14)4-7(5-19-10)13(15,16)17/h4-5,24H,2-3,6H2,1H3,(H,18,19)(H,20,21)(H,22,23). The predicted octanol–water partition coefficient (Wildman–Crippen LogP) is 1.51. The number of amides is 1. The maximum absolute atomic E-state index is 12.5. The summed E-state index contributed by atoms with van der Waals surface area (Å²) in [7, 11) is 0. The second kappa shape index (κ2) is 7.67. The van der Waals surface area contributed by atoms with Crippen LogP contribution in [0.15, 0.2) is 12.3 Å². The van der Waals surface area contributed by atoms with Gasteiger partial charge in [-0.3, -0.25) is 4.79 Å². The molecule has 0 saturated carbocycles. The number of carboxylic acids is 1. The topological polar surface area (TPSA) is 112 Å². The van der Waals surface area contributed by atoms with Gasteiger partial charge in [-0.05, 0) is 13.0 Å². The number of rotatable bonds is 7. The van der Waals surface area contributed by atoms with Gasteiger partial charge in [0.25, 0.3) is 0 Å². The van der Waals surface area contributed by atoms with E-state index < -0.39 is 35.8 Å². The molecule has 0 fully saturated rings. The molecule has 1 unspecified atom stereocenters. The lowest BCUT2D eigenvalue weighted by atomic mass is 10.1. The molecule has 0 spiro atoms. The minimum atomic E-state index is -4.56. The fourth-order valence-corrected chi connectivity index (χ4v) is 1.69. The smallest absolute Gasteiger partial charge is 0.417 e. The number of hydrogen-bond donors (Lipinski definition) is 4. The number of aliphatic hydroxyl groups is 1. The number of anilines is 1. The summed E-state index contributed by atoms with van der Waals surface area (Å²) in [5.41, 5.74) is -3.09. The summed E-state index contributed by atoms with van der Waals surface area (Å²) in [4.78, 5) is 25.7. The maximum atomic E-state index is 12.5. The number of nitrogens with zero attached hydrogens (tertiary/aromatic N) is 1. The van der Waals surface area contributed by atoms with Crippen LogP contribution in [0.5, 0.6) is 0 Å². The van der Waals surface area contributed by atoms with Crippen LogP contribution in [0.1, 0.15) is 18.9 Å². The van der Waals surface area contributed by atoms with E-state index in [1.54, 1.807) is 0 Å². The Kier molecular flexibility index (Phi) is 6.38. The third kappa shape index (κ3) is 5.85. The zero-order valence-electron chi connectivity index (χ0n) is 12.4. The van der Waals surface area contributed by atoms with E-state index in [0.29, 0.717) is 12.3 Å². The number of carbonyl (C=O) groups is 2. The van der Waals surface area contributed by atoms with E-state index in [0.717, 1.165) is 6.92 Å². The van der Waals surface area contributed by atoms with Crippen molar-refractivity contribution in [1.82, 2.24) is 10.3 Å². The van der Waals surface area contributed by atoms with Crippen LogP contribution >= 0.6 is 11.6 Å². The first kappa shape index (κ1) is 20.0. The van der Waals surface area contributed by atoms with Gasteiger partial charge in [-0.15, -0.1) is 0 Å². The summed E-state index contributed by atoms with van der Waals surface area (Å²) in [6.07, 6.45) is -4.08. The van der Waals surface area contributed by atoms with Gasteiger partial charge >= 0.3 is 12.1 Å². The predicted molar refractivity (Wildman–Crippen MR) is 78.6 cm³/mol. The van der Waals surface area contributed by atoms with Crippen molar-refractivity contribution in [2.75, 3.05) is 18.4 Å². The van der Waals surface area contributed by atoms with Gasteiger partial charge in [0, 0.05) is 19.2 Å². The highest BCUT2D eigenvalue weighted by Crippen LogP contribution is 2.32. The molecule has 1 aromatic heterocycles. The van der Waals surface area contributed by atoms with Crippen molar-refractivity contribution >= 4 is 29.3 Å². The Balaban J connectivity index is 2.48. The van der Waals surface area contributed by atoms with E-state index in [-0.39, 0.29) is 23.8 Å². The average molecular weight is 370 g/mol. The second-order valence-electron chi connectivity index (χ2n) is 5.08. The molecule has 11 heteroatoms. The SMILES string of the molecule is CC(O)(CNC(=O)CCNc1ncc(C(F)(F)F)cc1Cl)C(=O)O. The summed E-state index contributed by atoms with van der Waals surface area (Å²) in [5.74, 6) is -2.07. The molecule has 0 saturated heterocycles. The number of aromatic nitrogens is 1. The fourth-order valence-electron chi connectivity index (χ4n) is 1.45. The van der Waals surface area contributed by atoms with Gasteiger partial charge in [0.15, 0.2) is 5.60 Å². The zero-order chi connectivity index (χ0) is 18.5. The minimum absolute atomic E-state index is 0.000861. The molecule has 0 aliphatic rings. The largest absolute Gasteiger partial charge is 0.479 e. The number of aliphatic carboxylic acids is 1. The van der Waals surface area contributed by atoms with Crippen molar-refractivity contribution in [1.29, 1.82) is 0 Å². The number of nitrogens with one attached hydrogen (secondary N) is 2. The summed E-state index contributed by atoms with van der Waals surface area (Å²) in [5, 5.41) is 22.7. The molecule has 0 aliphatic heterocycles. The molecule has 4 N–H and O–H groups in total. The Morgan fingerprint density at radius 1 is 1.38 bits per heavy atom. The molecular formula is C13H15ClF3N3O4. The monoisotopic (exact) mass is 369 g/mol. The highest BCUT2D eigenvalue weighted by atomic mass is 35.5. The molecular weight excluding hydrogens is 355 g/mol. The number of carbonyl (C=O) groups excluding carboxylic acids is 1. The Labute approximate surface area is 139 Å². The maximum Gasteiger partial charge on any atom is 0.417 e.